The van der Waals surface area contributed by atoms with E-state index in [2.05, 4.69) is 55.5 Å². The van der Waals surface area contributed by atoms with Crippen molar-refractivity contribution in [3.05, 3.63) is 88.5 Å². The van der Waals surface area contributed by atoms with Crippen LogP contribution in [0.3, 0.4) is 0 Å². The summed E-state index contributed by atoms with van der Waals surface area (Å²) < 4.78 is 33.8. The molecule has 3 aromatic carbocycles. The molecule has 0 aliphatic rings. The van der Waals surface area contributed by atoms with Gasteiger partial charge in [-0.3, -0.25) is 0 Å². The van der Waals surface area contributed by atoms with Gasteiger partial charge in [-0.15, -0.1) is 0 Å². The van der Waals surface area contributed by atoms with Crippen LogP contribution in [0.25, 0.3) is 11.1 Å². The maximum absolute atomic E-state index is 14.5. The van der Waals surface area contributed by atoms with Crippen molar-refractivity contribution in [2.45, 2.75) is 46.5 Å². The minimum Gasteiger partial charge on any atom is -0.491 e. The van der Waals surface area contributed by atoms with E-state index in [0.29, 0.717) is 25.0 Å². The van der Waals surface area contributed by atoms with Crippen LogP contribution in [0.1, 0.15) is 42.5 Å². The predicted molar refractivity (Wildman–Crippen MR) is 116 cm³/mol. The summed E-state index contributed by atoms with van der Waals surface area (Å²) in [6.07, 6.45) is 3.35. The van der Waals surface area contributed by atoms with E-state index in [-0.39, 0.29) is 5.75 Å². The van der Waals surface area contributed by atoms with Gasteiger partial charge in [-0.05, 0) is 72.6 Å². The Morgan fingerprint density at radius 3 is 1.79 bits per heavy atom. The molecular formula is C26H28F2O. The highest BCUT2D eigenvalue weighted by Crippen LogP contribution is 2.28. The first kappa shape index (κ1) is 21.0. The van der Waals surface area contributed by atoms with E-state index in [4.69, 9.17) is 4.74 Å². The van der Waals surface area contributed by atoms with Crippen LogP contribution in [0.2, 0.25) is 0 Å². The fourth-order valence-corrected chi connectivity index (χ4v) is 3.61. The van der Waals surface area contributed by atoms with Crippen LogP contribution in [0.15, 0.2) is 54.6 Å². The van der Waals surface area contributed by atoms with Crippen molar-refractivity contribution in [1.82, 2.24) is 0 Å². The Bertz CT molecular complexity index is 944. The van der Waals surface area contributed by atoms with E-state index in [9.17, 15) is 8.78 Å². The van der Waals surface area contributed by atoms with E-state index in [1.807, 2.05) is 0 Å². The van der Waals surface area contributed by atoms with E-state index >= 15 is 0 Å². The molecule has 29 heavy (non-hydrogen) atoms. The number of rotatable bonds is 8. The number of aryl methyl sites for hydroxylation is 3. The summed E-state index contributed by atoms with van der Waals surface area (Å²) in [5, 5.41) is 0. The highest BCUT2D eigenvalue weighted by molar-refractivity contribution is 5.64. The minimum atomic E-state index is -0.894. The summed E-state index contributed by atoms with van der Waals surface area (Å²) in [7, 11) is 0. The van der Waals surface area contributed by atoms with Crippen molar-refractivity contribution >= 4 is 0 Å². The Morgan fingerprint density at radius 1 is 0.724 bits per heavy atom. The summed E-state index contributed by atoms with van der Waals surface area (Å²) in [6, 6.07) is 18.6. The summed E-state index contributed by atoms with van der Waals surface area (Å²) in [6.45, 7) is 6.04. The highest BCUT2D eigenvalue weighted by Gasteiger charge is 2.17. The monoisotopic (exact) mass is 394 g/mol. The van der Waals surface area contributed by atoms with Gasteiger partial charge in [0.25, 0.3) is 0 Å². The Labute approximate surface area is 172 Å². The molecule has 0 radical (unpaired) electrons. The fraction of sp³-hybridized carbons (Fsp3) is 0.308. The number of ether oxygens (including phenoxy) is 1. The summed E-state index contributed by atoms with van der Waals surface area (Å²) in [5.41, 5.74) is 5.94. The Hall–Kier alpha value is -2.68. The molecule has 0 N–H and O–H groups in total. The van der Waals surface area contributed by atoms with E-state index in [1.54, 1.807) is 19.9 Å². The second-order valence-electron chi connectivity index (χ2n) is 7.37. The number of halogens is 2. The SMILES string of the molecule is CCCc1ccc(-c2ccc(CCc3c(C)cc(OCC)c(F)c3F)cc2)cc1. The van der Waals surface area contributed by atoms with Crippen LogP contribution >= 0.6 is 0 Å². The first-order valence-corrected chi connectivity index (χ1v) is 10.3. The second-order valence-corrected chi connectivity index (χ2v) is 7.37. The molecule has 0 aliphatic heterocycles. The van der Waals surface area contributed by atoms with Crippen molar-refractivity contribution in [2.75, 3.05) is 6.61 Å². The quantitative estimate of drug-likeness (QED) is 0.397. The van der Waals surface area contributed by atoms with Crippen molar-refractivity contribution < 1.29 is 13.5 Å². The molecule has 0 bridgehead atoms. The Balaban J connectivity index is 1.70. The molecule has 152 valence electrons. The van der Waals surface area contributed by atoms with E-state index in [1.165, 1.54) is 11.1 Å². The zero-order valence-electron chi connectivity index (χ0n) is 17.4. The Morgan fingerprint density at radius 2 is 1.28 bits per heavy atom. The van der Waals surface area contributed by atoms with Gasteiger partial charge in [0.1, 0.15) is 0 Å². The fourth-order valence-electron chi connectivity index (χ4n) is 3.61. The van der Waals surface area contributed by atoms with Gasteiger partial charge in [0.15, 0.2) is 11.6 Å². The molecule has 1 nitrogen and oxygen atoms in total. The first-order valence-electron chi connectivity index (χ1n) is 10.3. The molecule has 0 saturated carbocycles. The highest BCUT2D eigenvalue weighted by atomic mass is 19.2. The van der Waals surface area contributed by atoms with Gasteiger partial charge in [0.05, 0.1) is 6.61 Å². The van der Waals surface area contributed by atoms with Gasteiger partial charge in [0, 0.05) is 0 Å². The molecule has 0 spiro atoms. The maximum atomic E-state index is 14.5. The van der Waals surface area contributed by atoms with Gasteiger partial charge in [-0.1, -0.05) is 61.9 Å². The van der Waals surface area contributed by atoms with Crippen molar-refractivity contribution in [1.29, 1.82) is 0 Å². The molecule has 0 aliphatic carbocycles. The van der Waals surface area contributed by atoms with Crippen molar-refractivity contribution in [3.63, 3.8) is 0 Å². The number of hydrogen-bond donors (Lipinski definition) is 0. The summed E-state index contributed by atoms with van der Waals surface area (Å²) in [4.78, 5) is 0. The third-order valence-electron chi connectivity index (χ3n) is 5.24. The zero-order chi connectivity index (χ0) is 20.8. The topological polar surface area (TPSA) is 9.23 Å². The normalized spacial score (nSPS) is 10.9. The Kier molecular flexibility index (Phi) is 7.03. The smallest absolute Gasteiger partial charge is 0.200 e. The molecule has 3 aromatic rings. The molecule has 0 saturated heterocycles. The lowest BCUT2D eigenvalue weighted by Gasteiger charge is -2.13. The van der Waals surface area contributed by atoms with Crippen molar-refractivity contribution in [2.24, 2.45) is 0 Å². The van der Waals surface area contributed by atoms with Crippen LogP contribution in [-0.4, -0.2) is 6.61 Å². The van der Waals surface area contributed by atoms with E-state index < -0.39 is 11.6 Å². The maximum Gasteiger partial charge on any atom is 0.200 e. The summed E-state index contributed by atoms with van der Waals surface area (Å²) >= 11 is 0. The largest absolute Gasteiger partial charge is 0.491 e. The first-order chi connectivity index (χ1) is 14.0. The standard InChI is InChI=1S/C26H28F2O/c1-4-6-19-7-12-21(13-8-19)22-14-9-20(10-15-22)11-16-23-18(3)17-24(29-5-2)26(28)25(23)27/h7-10,12-15,17H,4-6,11,16H2,1-3H3. The van der Waals surface area contributed by atoms with Gasteiger partial charge in [-0.2, -0.15) is 4.39 Å². The molecule has 0 aromatic heterocycles. The lowest BCUT2D eigenvalue weighted by atomic mass is 9.97. The molecule has 0 atom stereocenters. The average molecular weight is 395 g/mol. The third-order valence-corrected chi connectivity index (χ3v) is 5.24. The van der Waals surface area contributed by atoms with Crippen LogP contribution in [0.4, 0.5) is 8.78 Å². The average Bonchev–Trinajstić information content (AvgIpc) is 2.73. The van der Waals surface area contributed by atoms with Crippen LogP contribution in [0, 0.1) is 18.6 Å². The van der Waals surface area contributed by atoms with Gasteiger partial charge >= 0.3 is 0 Å². The third kappa shape index (κ3) is 5.03. The molecule has 0 amide bonds. The second kappa shape index (κ2) is 9.69. The van der Waals surface area contributed by atoms with E-state index in [0.717, 1.165) is 29.5 Å². The molecule has 0 heterocycles. The molecule has 0 unspecified atom stereocenters. The van der Waals surface area contributed by atoms with Crippen LogP contribution < -0.4 is 4.74 Å². The number of benzene rings is 3. The van der Waals surface area contributed by atoms with Crippen LogP contribution in [0.5, 0.6) is 5.75 Å². The predicted octanol–water partition coefficient (Wildman–Crippen LogP) is 7.08. The minimum absolute atomic E-state index is 0.0134. The molecule has 3 heteroatoms. The summed E-state index contributed by atoms with van der Waals surface area (Å²) in [5.74, 6) is -1.70. The lowest BCUT2D eigenvalue weighted by Crippen LogP contribution is -2.04. The molecule has 0 fully saturated rings. The zero-order valence-corrected chi connectivity index (χ0v) is 17.4. The number of hydrogen-bond acceptors (Lipinski definition) is 1. The van der Waals surface area contributed by atoms with Crippen molar-refractivity contribution in [3.8, 4) is 16.9 Å². The lowest BCUT2D eigenvalue weighted by molar-refractivity contribution is 0.313. The molecular weight excluding hydrogens is 366 g/mol. The van der Waals surface area contributed by atoms with Gasteiger partial charge in [-0.25, -0.2) is 4.39 Å². The van der Waals surface area contributed by atoms with Crippen LogP contribution in [-0.2, 0) is 19.3 Å². The van der Waals surface area contributed by atoms with Gasteiger partial charge < -0.3 is 4.74 Å². The van der Waals surface area contributed by atoms with Gasteiger partial charge in [0.2, 0.25) is 5.82 Å². The molecule has 3 rings (SSSR count).